The molecule has 0 aliphatic heterocycles. The third-order valence-electron chi connectivity index (χ3n) is 1.91. The van der Waals surface area contributed by atoms with Crippen LogP contribution in [0.3, 0.4) is 0 Å². The lowest BCUT2D eigenvalue weighted by Crippen LogP contribution is -2.23. The summed E-state index contributed by atoms with van der Waals surface area (Å²) in [5.41, 5.74) is -0.00734. The predicted molar refractivity (Wildman–Crippen MR) is 64.9 cm³/mol. The summed E-state index contributed by atoms with van der Waals surface area (Å²) in [6.45, 7) is 3.96. The van der Waals surface area contributed by atoms with E-state index in [0.717, 1.165) is 12.2 Å². The van der Waals surface area contributed by atoms with Crippen LogP contribution in [0.15, 0.2) is 22.2 Å². The monoisotopic (exact) mass is 246 g/mol. The van der Waals surface area contributed by atoms with E-state index in [4.69, 9.17) is 11.6 Å². The van der Waals surface area contributed by atoms with Crippen LogP contribution < -0.4 is 5.56 Å². The fourth-order valence-electron chi connectivity index (χ4n) is 1.14. The lowest BCUT2D eigenvalue weighted by molar-refractivity contribution is 0.561. The molecule has 5 heteroatoms. The molecule has 84 valence electrons. The Morgan fingerprint density at radius 3 is 2.93 bits per heavy atom. The number of rotatable bonds is 5. The van der Waals surface area contributed by atoms with E-state index in [1.807, 2.05) is 13.8 Å². The maximum atomic E-state index is 11.9. The van der Waals surface area contributed by atoms with Gasteiger partial charge in [-0.15, -0.1) is 23.4 Å². The maximum absolute atomic E-state index is 11.9. The zero-order chi connectivity index (χ0) is 11.3. The van der Waals surface area contributed by atoms with E-state index in [1.54, 1.807) is 17.0 Å². The molecule has 0 radical (unpaired) electrons. The van der Waals surface area contributed by atoms with E-state index in [-0.39, 0.29) is 11.6 Å². The summed E-state index contributed by atoms with van der Waals surface area (Å²) in [6.07, 6.45) is 4.28. The Balaban J connectivity index is 2.81. The van der Waals surface area contributed by atoms with E-state index < -0.39 is 0 Å². The molecule has 0 aromatic carbocycles. The van der Waals surface area contributed by atoms with Crippen molar-refractivity contribution in [3.05, 3.63) is 22.7 Å². The van der Waals surface area contributed by atoms with Crippen LogP contribution in [0.5, 0.6) is 0 Å². The van der Waals surface area contributed by atoms with Gasteiger partial charge in [-0.2, -0.15) is 0 Å². The first-order valence-electron chi connectivity index (χ1n) is 4.92. The van der Waals surface area contributed by atoms with Crippen LogP contribution in [-0.4, -0.2) is 21.2 Å². The Kier molecular flexibility index (Phi) is 5.19. The molecule has 0 aliphatic carbocycles. The smallest absolute Gasteiger partial charge is 0.283 e. The van der Waals surface area contributed by atoms with Gasteiger partial charge in [0.1, 0.15) is 0 Å². The van der Waals surface area contributed by atoms with Gasteiger partial charge in [0.25, 0.3) is 5.56 Å². The van der Waals surface area contributed by atoms with E-state index in [2.05, 4.69) is 4.98 Å². The molecule has 0 unspecified atom stereocenters. The van der Waals surface area contributed by atoms with Crippen molar-refractivity contribution in [1.29, 1.82) is 0 Å². The quantitative estimate of drug-likeness (QED) is 0.455. The molecule has 1 rings (SSSR count). The number of thioether (sulfide) groups is 1. The van der Waals surface area contributed by atoms with Gasteiger partial charge in [-0.3, -0.25) is 4.79 Å². The third kappa shape index (κ3) is 3.54. The van der Waals surface area contributed by atoms with Crippen LogP contribution in [0.4, 0.5) is 0 Å². The molecule has 0 spiro atoms. The van der Waals surface area contributed by atoms with E-state index in [0.29, 0.717) is 10.9 Å². The summed E-state index contributed by atoms with van der Waals surface area (Å²) in [6, 6.07) is 0.174. The molecule has 0 N–H and O–H groups in total. The summed E-state index contributed by atoms with van der Waals surface area (Å²) >= 11 is 7.05. The number of halogens is 1. The second kappa shape index (κ2) is 6.18. The second-order valence-corrected chi connectivity index (χ2v) is 4.89. The maximum Gasteiger partial charge on any atom is 0.283 e. The fraction of sp³-hybridized carbons (Fsp3) is 0.600. The van der Waals surface area contributed by atoms with Gasteiger partial charge in [0, 0.05) is 30.1 Å². The minimum atomic E-state index is -0.00734. The summed E-state index contributed by atoms with van der Waals surface area (Å²) in [4.78, 5) is 15.9. The summed E-state index contributed by atoms with van der Waals surface area (Å²) in [5, 5.41) is 0.566. The number of alkyl halides is 1. The van der Waals surface area contributed by atoms with Crippen molar-refractivity contribution in [2.45, 2.75) is 31.3 Å². The van der Waals surface area contributed by atoms with Crippen LogP contribution in [0, 0.1) is 0 Å². The van der Waals surface area contributed by atoms with Crippen molar-refractivity contribution in [3.8, 4) is 0 Å². The second-order valence-electron chi connectivity index (χ2n) is 3.43. The van der Waals surface area contributed by atoms with Gasteiger partial charge in [0.05, 0.1) is 0 Å². The highest BCUT2D eigenvalue weighted by molar-refractivity contribution is 7.99. The standard InChI is InChI=1S/C10H15ClN2OS/c1-8(2)13-6-5-12-9(10(13)14)15-7-3-4-11/h5-6,8H,3-4,7H2,1-2H3. The zero-order valence-corrected chi connectivity index (χ0v) is 10.5. The Morgan fingerprint density at radius 1 is 1.60 bits per heavy atom. The average molecular weight is 247 g/mol. The zero-order valence-electron chi connectivity index (χ0n) is 8.94. The minimum absolute atomic E-state index is 0.00734. The van der Waals surface area contributed by atoms with Crippen molar-refractivity contribution >= 4 is 23.4 Å². The summed E-state index contributed by atoms with van der Waals surface area (Å²) in [5.74, 6) is 1.46. The average Bonchev–Trinajstić information content (AvgIpc) is 2.20. The SMILES string of the molecule is CC(C)n1ccnc(SCCCCl)c1=O. The van der Waals surface area contributed by atoms with E-state index >= 15 is 0 Å². The lowest BCUT2D eigenvalue weighted by Gasteiger charge is -2.09. The minimum Gasteiger partial charge on any atom is -0.309 e. The Labute approximate surface area is 98.9 Å². The largest absolute Gasteiger partial charge is 0.309 e. The van der Waals surface area contributed by atoms with E-state index in [1.165, 1.54) is 11.8 Å². The highest BCUT2D eigenvalue weighted by Crippen LogP contribution is 2.12. The Morgan fingerprint density at radius 2 is 2.33 bits per heavy atom. The molecule has 1 heterocycles. The summed E-state index contributed by atoms with van der Waals surface area (Å²) in [7, 11) is 0. The van der Waals surface area contributed by atoms with Crippen LogP contribution >= 0.6 is 23.4 Å². The number of hydrogen-bond donors (Lipinski definition) is 0. The topological polar surface area (TPSA) is 34.9 Å². The molecule has 3 nitrogen and oxygen atoms in total. The Bertz CT molecular complexity index is 365. The van der Waals surface area contributed by atoms with Gasteiger partial charge in [-0.1, -0.05) is 0 Å². The molecule has 0 fully saturated rings. The molecule has 0 saturated carbocycles. The molecule has 1 aromatic rings. The molecule has 0 aliphatic rings. The first kappa shape index (κ1) is 12.6. The lowest BCUT2D eigenvalue weighted by atomic mass is 10.4. The van der Waals surface area contributed by atoms with Crippen LogP contribution in [-0.2, 0) is 0 Å². The highest BCUT2D eigenvalue weighted by atomic mass is 35.5. The van der Waals surface area contributed by atoms with Crippen molar-refractivity contribution < 1.29 is 0 Å². The van der Waals surface area contributed by atoms with Crippen molar-refractivity contribution in [1.82, 2.24) is 9.55 Å². The highest BCUT2D eigenvalue weighted by Gasteiger charge is 2.06. The molecular formula is C10H15ClN2OS. The van der Waals surface area contributed by atoms with Gasteiger partial charge in [0.2, 0.25) is 0 Å². The van der Waals surface area contributed by atoms with Gasteiger partial charge >= 0.3 is 0 Å². The van der Waals surface area contributed by atoms with Crippen molar-refractivity contribution in [2.75, 3.05) is 11.6 Å². The van der Waals surface area contributed by atoms with Gasteiger partial charge < -0.3 is 4.57 Å². The molecule has 0 amide bonds. The van der Waals surface area contributed by atoms with Gasteiger partial charge in [-0.25, -0.2) is 4.98 Å². The normalized spacial score (nSPS) is 10.9. The molecule has 1 aromatic heterocycles. The number of aromatic nitrogens is 2. The molecule has 0 atom stereocenters. The molecule has 0 bridgehead atoms. The summed E-state index contributed by atoms with van der Waals surface area (Å²) < 4.78 is 1.69. The van der Waals surface area contributed by atoms with Crippen LogP contribution in [0.2, 0.25) is 0 Å². The first-order chi connectivity index (χ1) is 7.16. The number of hydrogen-bond acceptors (Lipinski definition) is 3. The van der Waals surface area contributed by atoms with Gasteiger partial charge in [0.15, 0.2) is 5.03 Å². The first-order valence-corrected chi connectivity index (χ1v) is 6.44. The van der Waals surface area contributed by atoms with Crippen LogP contribution in [0.1, 0.15) is 26.3 Å². The number of nitrogens with zero attached hydrogens (tertiary/aromatic N) is 2. The van der Waals surface area contributed by atoms with Gasteiger partial charge in [-0.05, 0) is 20.3 Å². The molecular weight excluding hydrogens is 232 g/mol. The third-order valence-corrected chi connectivity index (χ3v) is 3.22. The van der Waals surface area contributed by atoms with Crippen molar-refractivity contribution in [2.24, 2.45) is 0 Å². The fourth-order valence-corrected chi connectivity index (χ4v) is 2.27. The molecule has 0 saturated heterocycles. The van der Waals surface area contributed by atoms with Crippen LogP contribution in [0.25, 0.3) is 0 Å². The van der Waals surface area contributed by atoms with Crippen molar-refractivity contribution in [3.63, 3.8) is 0 Å². The predicted octanol–water partition coefficient (Wildman–Crippen LogP) is 2.55. The molecule has 15 heavy (non-hydrogen) atoms. The van der Waals surface area contributed by atoms with E-state index in [9.17, 15) is 4.79 Å². The Hall–Kier alpha value is -0.480.